The summed E-state index contributed by atoms with van der Waals surface area (Å²) in [7, 11) is 0. The van der Waals surface area contributed by atoms with Crippen molar-refractivity contribution in [2.75, 3.05) is 6.26 Å². The van der Waals surface area contributed by atoms with Gasteiger partial charge in [-0.15, -0.1) is 11.8 Å². The Balaban J connectivity index is 3.48. The van der Waals surface area contributed by atoms with Crippen LogP contribution >= 0.6 is 11.8 Å². The van der Waals surface area contributed by atoms with E-state index in [1.165, 1.54) is 0 Å². The minimum absolute atomic E-state index is 0.0507. The van der Waals surface area contributed by atoms with E-state index in [1.54, 1.807) is 0 Å². The van der Waals surface area contributed by atoms with E-state index < -0.39 is 0 Å². The number of hydrogen-bond acceptors (Lipinski definition) is 3. The Morgan fingerprint density at radius 3 is 1.50 bits per heavy atom. The normalized spacial score (nSPS) is 32.4. The first-order valence-electron chi connectivity index (χ1n) is 9.39. The van der Waals surface area contributed by atoms with Crippen molar-refractivity contribution in [1.82, 2.24) is 5.32 Å². The molecule has 0 saturated heterocycles. The molecule has 1 atom stereocenters. The SMILES string of the molecule is CSC(C)N[C@H]1C(C)(C)C(C)(C)[C@H](OC(C)(C)C)C(C)(C)C1(C)C. The lowest BCUT2D eigenvalue weighted by atomic mass is 9.41. The highest BCUT2D eigenvalue weighted by atomic mass is 32.2. The second kappa shape index (κ2) is 6.46. The molecule has 2 nitrogen and oxygen atoms in total. The summed E-state index contributed by atoms with van der Waals surface area (Å²) in [5.74, 6) is 0. The average molecular weight is 358 g/mol. The van der Waals surface area contributed by atoms with E-state index in [2.05, 4.69) is 94.7 Å². The van der Waals surface area contributed by atoms with Crippen LogP contribution in [0.25, 0.3) is 0 Å². The molecule has 144 valence electrons. The highest BCUT2D eigenvalue weighted by molar-refractivity contribution is 7.99. The van der Waals surface area contributed by atoms with Crippen molar-refractivity contribution in [3.63, 3.8) is 0 Å². The number of hydrogen-bond donors (Lipinski definition) is 1. The van der Waals surface area contributed by atoms with Crippen molar-refractivity contribution in [1.29, 1.82) is 0 Å². The Hall–Kier alpha value is 0.270. The lowest BCUT2D eigenvalue weighted by Crippen LogP contribution is -2.73. The van der Waals surface area contributed by atoms with Crippen molar-refractivity contribution in [2.24, 2.45) is 21.7 Å². The molecule has 0 amide bonds. The largest absolute Gasteiger partial charge is 0.371 e. The van der Waals surface area contributed by atoms with Crippen LogP contribution in [0.3, 0.4) is 0 Å². The van der Waals surface area contributed by atoms with Gasteiger partial charge in [-0.2, -0.15) is 0 Å². The van der Waals surface area contributed by atoms with Gasteiger partial charge in [-0.25, -0.2) is 0 Å². The highest BCUT2D eigenvalue weighted by Crippen LogP contribution is 2.64. The third-order valence-corrected chi connectivity index (χ3v) is 8.15. The molecular formula is C21H43NOS. The molecule has 0 heterocycles. The van der Waals surface area contributed by atoms with Gasteiger partial charge >= 0.3 is 0 Å². The van der Waals surface area contributed by atoms with E-state index >= 15 is 0 Å². The fourth-order valence-electron chi connectivity index (χ4n) is 4.59. The van der Waals surface area contributed by atoms with Crippen LogP contribution in [0.1, 0.15) is 83.1 Å². The van der Waals surface area contributed by atoms with Gasteiger partial charge in [0.25, 0.3) is 0 Å². The predicted octanol–water partition coefficient (Wildman–Crippen LogP) is 5.96. The van der Waals surface area contributed by atoms with Gasteiger partial charge in [-0.05, 0) is 55.6 Å². The molecule has 0 aliphatic heterocycles. The van der Waals surface area contributed by atoms with Crippen molar-refractivity contribution in [3.8, 4) is 0 Å². The van der Waals surface area contributed by atoms with E-state index in [0.717, 1.165) is 0 Å². The molecule has 0 radical (unpaired) electrons. The van der Waals surface area contributed by atoms with Gasteiger partial charge in [-0.1, -0.05) is 55.4 Å². The standard InChI is InChI=1S/C21H43NOS/c1-14(24-13)22-15-18(5,6)20(9,10)16(23-17(2,3)4)21(11,12)19(15,7)8/h14-16,22H,1-13H3/t14?,15-,16-. The lowest BCUT2D eigenvalue weighted by Gasteiger charge is -2.69. The van der Waals surface area contributed by atoms with Gasteiger partial charge in [0.2, 0.25) is 0 Å². The fraction of sp³-hybridized carbons (Fsp3) is 1.00. The van der Waals surface area contributed by atoms with Gasteiger partial charge in [0, 0.05) is 6.04 Å². The number of thioether (sulfide) groups is 1. The minimum Gasteiger partial charge on any atom is -0.371 e. The average Bonchev–Trinajstić information content (AvgIpc) is 2.38. The summed E-state index contributed by atoms with van der Waals surface area (Å²) in [5.41, 5.74) is 0.167. The van der Waals surface area contributed by atoms with Crippen LogP contribution in [0.15, 0.2) is 0 Å². The van der Waals surface area contributed by atoms with Crippen LogP contribution in [0, 0.1) is 21.7 Å². The Morgan fingerprint density at radius 2 is 1.21 bits per heavy atom. The molecule has 1 aliphatic carbocycles. The molecule has 0 spiro atoms. The molecule has 0 aromatic carbocycles. The summed E-state index contributed by atoms with van der Waals surface area (Å²) in [6.07, 6.45) is 2.38. The van der Waals surface area contributed by atoms with Gasteiger partial charge in [0.1, 0.15) is 0 Å². The first-order valence-corrected chi connectivity index (χ1v) is 10.7. The molecule has 0 aromatic rings. The van der Waals surface area contributed by atoms with Crippen molar-refractivity contribution in [2.45, 2.75) is 106 Å². The minimum atomic E-state index is -0.141. The molecule has 3 heteroatoms. The number of rotatable bonds is 4. The lowest BCUT2D eigenvalue weighted by molar-refractivity contribution is -0.262. The van der Waals surface area contributed by atoms with Crippen molar-refractivity contribution < 1.29 is 4.74 Å². The summed E-state index contributed by atoms with van der Waals surface area (Å²) in [6.45, 7) is 28.1. The quantitative estimate of drug-likeness (QED) is 0.628. The molecule has 0 aromatic heterocycles. The van der Waals surface area contributed by atoms with Crippen LogP contribution < -0.4 is 5.32 Å². The van der Waals surface area contributed by atoms with Crippen LogP contribution in [0.5, 0.6) is 0 Å². The molecule has 24 heavy (non-hydrogen) atoms. The Bertz CT molecular complexity index is 417. The zero-order chi connectivity index (χ0) is 19.4. The predicted molar refractivity (Wildman–Crippen MR) is 110 cm³/mol. The van der Waals surface area contributed by atoms with Gasteiger partial charge < -0.3 is 10.1 Å². The molecule has 1 saturated carbocycles. The third kappa shape index (κ3) is 3.55. The van der Waals surface area contributed by atoms with Gasteiger partial charge in [0.15, 0.2) is 0 Å². The van der Waals surface area contributed by atoms with E-state index in [0.29, 0.717) is 11.4 Å². The van der Waals surface area contributed by atoms with Gasteiger partial charge in [0.05, 0.1) is 17.1 Å². The fourth-order valence-corrected chi connectivity index (χ4v) is 4.86. The molecule has 1 fully saturated rings. The zero-order valence-electron chi connectivity index (χ0n) is 18.5. The first kappa shape index (κ1) is 22.3. The first-order chi connectivity index (χ1) is 10.4. The van der Waals surface area contributed by atoms with Gasteiger partial charge in [-0.3, -0.25) is 0 Å². The third-order valence-electron chi connectivity index (χ3n) is 7.30. The summed E-state index contributed by atoms with van der Waals surface area (Å²) in [6, 6.07) is 0.414. The van der Waals surface area contributed by atoms with E-state index in [-0.39, 0.29) is 33.4 Å². The molecule has 1 N–H and O–H groups in total. The van der Waals surface area contributed by atoms with Crippen LogP contribution in [-0.4, -0.2) is 29.4 Å². The van der Waals surface area contributed by atoms with E-state index in [1.807, 2.05) is 11.8 Å². The second-order valence-corrected chi connectivity index (χ2v) is 12.2. The van der Waals surface area contributed by atoms with Crippen LogP contribution in [0.4, 0.5) is 0 Å². The van der Waals surface area contributed by atoms with Crippen molar-refractivity contribution >= 4 is 11.8 Å². The number of nitrogens with one attached hydrogen (secondary N) is 1. The van der Waals surface area contributed by atoms with Crippen LogP contribution in [-0.2, 0) is 4.74 Å². The summed E-state index contributed by atoms with van der Waals surface area (Å²) in [5, 5.41) is 4.40. The topological polar surface area (TPSA) is 21.3 Å². The van der Waals surface area contributed by atoms with Crippen LogP contribution in [0.2, 0.25) is 0 Å². The summed E-state index contributed by atoms with van der Waals surface area (Å²) in [4.78, 5) is 0. The Labute approximate surface area is 156 Å². The smallest absolute Gasteiger partial charge is 0.0695 e. The maximum absolute atomic E-state index is 6.73. The van der Waals surface area contributed by atoms with E-state index in [4.69, 9.17) is 4.74 Å². The maximum Gasteiger partial charge on any atom is 0.0695 e. The monoisotopic (exact) mass is 357 g/mol. The number of ether oxygens (including phenoxy) is 1. The summed E-state index contributed by atoms with van der Waals surface area (Å²) >= 11 is 1.89. The molecular weight excluding hydrogens is 314 g/mol. The molecule has 1 unspecified atom stereocenters. The molecule has 1 aliphatic rings. The van der Waals surface area contributed by atoms with E-state index in [9.17, 15) is 0 Å². The second-order valence-electron chi connectivity index (χ2n) is 11.0. The Morgan fingerprint density at radius 1 is 0.833 bits per heavy atom. The maximum atomic E-state index is 6.73. The zero-order valence-corrected chi connectivity index (χ0v) is 19.4. The summed E-state index contributed by atoms with van der Waals surface area (Å²) < 4.78 is 6.73. The van der Waals surface area contributed by atoms with Crippen molar-refractivity contribution in [3.05, 3.63) is 0 Å². The highest BCUT2D eigenvalue weighted by Gasteiger charge is 2.66. The molecule has 1 rings (SSSR count). The molecule has 0 bridgehead atoms. The Kier molecular flexibility index (Phi) is 6.00.